The van der Waals surface area contributed by atoms with Gasteiger partial charge in [0.05, 0.1) is 6.61 Å². The van der Waals surface area contributed by atoms with Crippen LogP contribution in [-0.2, 0) is 4.74 Å². The van der Waals surface area contributed by atoms with Gasteiger partial charge in [0.2, 0.25) is 0 Å². The number of rotatable bonds is 22. The number of aliphatic imine (C=N–C) groups is 1. The van der Waals surface area contributed by atoms with Gasteiger partial charge in [-0.3, -0.25) is 4.99 Å². The summed E-state index contributed by atoms with van der Waals surface area (Å²) in [7, 11) is 0. The van der Waals surface area contributed by atoms with Crippen LogP contribution in [-0.4, -0.2) is 19.0 Å². The van der Waals surface area contributed by atoms with Gasteiger partial charge < -0.3 is 4.74 Å². The van der Waals surface area contributed by atoms with Crippen molar-refractivity contribution in [3.05, 3.63) is 0 Å². The van der Waals surface area contributed by atoms with Gasteiger partial charge in [-0.25, -0.2) is 0 Å². The molecule has 0 spiro atoms. The molecule has 0 aromatic heterocycles. The number of unbranched alkanes of at least 4 members (excludes halogenated alkanes) is 20. The van der Waals surface area contributed by atoms with Gasteiger partial charge in [0, 0.05) is 19.4 Å². The Morgan fingerprint density at radius 3 is 1.28 bits per heavy atom. The highest BCUT2D eigenvalue weighted by Crippen LogP contribution is 2.15. The zero-order chi connectivity index (χ0) is 20.7. The third-order valence-electron chi connectivity index (χ3n) is 6.35. The van der Waals surface area contributed by atoms with Crippen molar-refractivity contribution >= 4 is 5.90 Å². The Balaban J connectivity index is 1.64. The largest absolute Gasteiger partial charge is 0.481 e. The third kappa shape index (κ3) is 19.2. The molecule has 29 heavy (non-hydrogen) atoms. The molecular formula is C27H53NO. The minimum Gasteiger partial charge on any atom is -0.481 e. The summed E-state index contributed by atoms with van der Waals surface area (Å²) >= 11 is 0. The Morgan fingerprint density at radius 1 is 0.552 bits per heavy atom. The van der Waals surface area contributed by atoms with Gasteiger partial charge in [-0.15, -0.1) is 0 Å². The van der Waals surface area contributed by atoms with Crippen molar-refractivity contribution in [3.63, 3.8) is 0 Å². The van der Waals surface area contributed by atoms with E-state index in [1.54, 1.807) is 0 Å². The van der Waals surface area contributed by atoms with Gasteiger partial charge in [0.25, 0.3) is 0 Å². The molecule has 0 saturated carbocycles. The summed E-state index contributed by atoms with van der Waals surface area (Å²) in [6, 6.07) is 0. The third-order valence-corrected chi connectivity index (χ3v) is 6.35. The summed E-state index contributed by atoms with van der Waals surface area (Å²) in [6.45, 7) is 4.17. The molecule has 1 rings (SSSR count). The van der Waals surface area contributed by atoms with Gasteiger partial charge in [0.1, 0.15) is 0 Å². The second-order valence-electron chi connectivity index (χ2n) is 9.30. The van der Waals surface area contributed by atoms with Crippen LogP contribution >= 0.6 is 0 Å². The smallest absolute Gasteiger partial charge is 0.183 e. The van der Waals surface area contributed by atoms with E-state index in [2.05, 4.69) is 11.9 Å². The van der Waals surface area contributed by atoms with Crippen LogP contribution in [0.4, 0.5) is 0 Å². The lowest BCUT2D eigenvalue weighted by Crippen LogP contribution is -2.13. The Bertz CT molecular complexity index is 352. The Hall–Kier alpha value is -0.530. The van der Waals surface area contributed by atoms with Crippen molar-refractivity contribution in [1.29, 1.82) is 0 Å². The zero-order valence-electron chi connectivity index (χ0n) is 20.0. The monoisotopic (exact) mass is 407 g/mol. The fraction of sp³-hybridized carbons (Fsp3) is 0.963. The van der Waals surface area contributed by atoms with E-state index in [0.717, 1.165) is 31.9 Å². The van der Waals surface area contributed by atoms with Crippen molar-refractivity contribution in [1.82, 2.24) is 0 Å². The minimum atomic E-state index is 0.887. The number of hydrogen-bond donors (Lipinski definition) is 0. The molecule has 0 fully saturated rings. The zero-order valence-corrected chi connectivity index (χ0v) is 20.0. The van der Waals surface area contributed by atoms with Gasteiger partial charge in [-0.1, -0.05) is 135 Å². The van der Waals surface area contributed by atoms with Crippen LogP contribution in [0.2, 0.25) is 0 Å². The first-order chi connectivity index (χ1) is 14.4. The van der Waals surface area contributed by atoms with E-state index in [1.165, 1.54) is 135 Å². The lowest BCUT2D eigenvalue weighted by atomic mass is 10.0. The van der Waals surface area contributed by atoms with E-state index in [0.29, 0.717) is 0 Å². The summed E-state index contributed by atoms with van der Waals surface area (Å²) in [6.07, 6.45) is 32.5. The molecule has 2 heteroatoms. The summed E-state index contributed by atoms with van der Waals surface area (Å²) < 4.78 is 5.57. The average molecular weight is 408 g/mol. The summed E-state index contributed by atoms with van der Waals surface area (Å²) in [5, 5.41) is 0. The number of hydrogen-bond acceptors (Lipinski definition) is 2. The molecule has 0 aliphatic carbocycles. The fourth-order valence-electron chi connectivity index (χ4n) is 4.36. The van der Waals surface area contributed by atoms with Crippen LogP contribution in [0.1, 0.15) is 155 Å². The minimum absolute atomic E-state index is 0.887. The highest BCUT2D eigenvalue weighted by Gasteiger charge is 2.05. The summed E-state index contributed by atoms with van der Waals surface area (Å²) in [4.78, 5) is 4.45. The quantitative estimate of drug-likeness (QED) is 0.164. The van der Waals surface area contributed by atoms with Gasteiger partial charge in [-0.2, -0.15) is 0 Å². The standard InChI is InChI=1S/C27H53NO/c1-2-3-4-5-6-7-8-9-10-11-12-13-14-15-16-17-18-19-20-21-22-24-27-28-25-23-26-29-27/h2-26H2,1H3. The second-order valence-corrected chi connectivity index (χ2v) is 9.30. The van der Waals surface area contributed by atoms with Crippen LogP contribution < -0.4 is 0 Å². The Kier molecular flexibility index (Phi) is 20.3. The fourth-order valence-corrected chi connectivity index (χ4v) is 4.36. The van der Waals surface area contributed by atoms with Crippen LogP contribution in [0, 0.1) is 0 Å². The topological polar surface area (TPSA) is 21.6 Å². The first-order valence-corrected chi connectivity index (χ1v) is 13.6. The predicted octanol–water partition coefficient (Wildman–Crippen LogP) is 9.41. The van der Waals surface area contributed by atoms with E-state index in [-0.39, 0.29) is 0 Å². The SMILES string of the molecule is CCCCCCCCCCCCCCCCCCCCCCCC1=NCCCO1. The van der Waals surface area contributed by atoms with Crippen LogP contribution in [0.15, 0.2) is 4.99 Å². The molecule has 1 aliphatic heterocycles. The molecule has 0 aromatic rings. The highest BCUT2D eigenvalue weighted by molar-refractivity contribution is 5.76. The normalized spacial score (nSPS) is 14.0. The van der Waals surface area contributed by atoms with Crippen LogP contribution in [0.25, 0.3) is 0 Å². The first-order valence-electron chi connectivity index (χ1n) is 13.6. The van der Waals surface area contributed by atoms with E-state index >= 15 is 0 Å². The summed E-state index contributed by atoms with van der Waals surface area (Å²) in [5.74, 6) is 1.02. The van der Waals surface area contributed by atoms with Gasteiger partial charge >= 0.3 is 0 Å². The van der Waals surface area contributed by atoms with E-state index < -0.39 is 0 Å². The first kappa shape index (κ1) is 26.5. The maximum Gasteiger partial charge on any atom is 0.183 e. The molecule has 0 atom stereocenters. The molecule has 1 aliphatic rings. The molecule has 0 unspecified atom stereocenters. The average Bonchev–Trinajstić information content (AvgIpc) is 2.75. The summed E-state index contributed by atoms with van der Waals surface area (Å²) in [5.41, 5.74) is 0. The van der Waals surface area contributed by atoms with Crippen LogP contribution in [0.5, 0.6) is 0 Å². The Labute approximate surface area is 183 Å². The predicted molar refractivity (Wildman–Crippen MR) is 130 cm³/mol. The molecule has 0 amide bonds. The van der Waals surface area contributed by atoms with Crippen LogP contribution in [0.3, 0.4) is 0 Å². The molecule has 0 radical (unpaired) electrons. The molecule has 0 bridgehead atoms. The maximum atomic E-state index is 5.57. The van der Waals surface area contributed by atoms with Crippen molar-refractivity contribution in [2.75, 3.05) is 13.2 Å². The van der Waals surface area contributed by atoms with Crippen molar-refractivity contribution in [2.24, 2.45) is 4.99 Å². The maximum absolute atomic E-state index is 5.57. The number of ether oxygens (including phenoxy) is 1. The van der Waals surface area contributed by atoms with Gasteiger partial charge in [-0.05, 0) is 6.42 Å². The lowest BCUT2D eigenvalue weighted by Gasteiger charge is -2.13. The second kappa shape index (κ2) is 22.2. The van der Waals surface area contributed by atoms with E-state index in [1.807, 2.05) is 0 Å². The molecule has 0 aromatic carbocycles. The van der Waals surface area contributed by atoms with E-state index in [9.17, 15) is 0 Å². The number of nitrogens with zero attached hydrogens (tertiary/aromatic N) is 1. The molecule has 2 nitrogen and oxygen atoms in total. The van der Waals surface area contributed by atoms with Crippen molar-refractivity contribution in [3.8, 4) is 0 Å². The van der Waals surface area contributed by atoms with Crippen molar-refractivity contribution < 1.29 is 4.74 Å². The lowest BCUT2D eigenvalue weighted by molar-refractivity contribution is 0.272. The Morgan fingerprint density at radius 2 is 0.931 bits per heavy atom. The van der Waals surface area contributed by atoms with E-state index in [4.69, 9.17) is 4.74 Å². The molecule has 0 saturated heterocycles. The molecule has 172 valence electrons. The molecule has 0 N–H and O–H groups in total. The highest BCUT2D eigenvalue weighted by atomic mass is 16.5. The molecule has 1 heterocycles. The molecular weight excluding hydrogens is 354 g/mol. The van der Waals surface area contributed by atoms with Gasteiger partial charge in [0.15, 0.2) is 5.90 Å². The van der Waals surface area contributed by atoms with Crippen molar-refractivity contribution in [2.45, 2.75) is 155 Å².